The van der Waals surface area contributed by atoms with E-state index in [-0.39, 0.29) is 5.97 Å². The molecular formula is C15H26O2. The van der Waals surface area contributed by atoms with Gasteiger partial charge in [-0.3, -0.25) is 0 Å². The van der Waals surface area contributed by atoms with Crippen LogP contribution in [0.2, 0.25) is 0 Å². The van der Waals surface area contributed by atoms with Crippen molar-refractivity contribution in [1.29, 1.82) is 0 Å². The molecule has 0 rings (SSSR count). The Bertz CT molecular complexity index is 229. The van der Waals surface area contributed by atoms with Crippen LogP contribution in [-0.2, 0) is 9.53 Å². The van der Waals surface area contributed by atoms with Crippen molar-refractivity contribution < 1.29 is 9.53 Å². The molecule has 2 nitrogen and oxygen atoms in total. The first kappa shape index (κ1) is 16.0. The van der Waals surface area contributed by atoms with Crippen molar-refractivity contribution in [2.24, 2.45) is 0 Å². The number of allylic oxidation sites excluding steroid dienone is 3. The van der Waals surface area contributed by atoms with Gasteiger partial charge in [0.05, 0.1) is 6.61 Å². The summed E-state index contributed by atoms with van der Waals surface area (Å²) in [6, 6.07) is 0. The van der Waals surface area contributed by atoms with Crippen molar-refractivity contribution in [2.45, 2.75) is 58.8 Å². The van der Waals surface area contributed by atoms with Crippen molar-refractivity contribution in [3.63, 3.8) is 0 Å². The van der Waals surface area contributed by atoms with E-state index in [9.17, 15) is 4.79 Å². The minimum Gasteiger partial charge on any atom is -0.463 e. The third kappa shape index (κ3) is 12.9. The van der Waals surface area contributed by atoms with E-state index in [2.05, 4.69) is 19.9 Å². The Morgan fingerprint density at radius 1 is 1.00 bits per heavy atom. The van der Waals surface area contributed by atoms with Crippen LogP contribution >= 0.6 is 0 Å². The Morgan fingerprint density at radius 3 is 2.41 bits per heavy atom. The zero-order valence-electron chi connectivity index (χ0n) is 11.3. The molecule has 0 saturated heterocycles. The maximum atomic E-state index is 11.2. The zero-order chi connectivity index (χ0) is 12.8. The van der Waals surface area contributed by atoms with E-state index in [1.165, 1.54) is 25.3 Å². The molecule has 0 fully saturated rings. The van der Waals surface area contributed by atoms with Crippen LogP contribution < -0.4 is 0 Å². The molecule has 0 aromatic rings. The van der Waals surface area contributed by atoms with Gasteiger partial charge in [-0.25, -0.2) is 4.79 Å². The summed E-state index contributed by atoms with van der Waals surface area (Å²) >= 11 is 0. The molecule has 98 valence electrons. The molecule has 0 radical (unpaired) electrons. The van der Waals surface area contributed by atoms with Gasteiger partial charge < -0.3 is 4.74 Å². The first-order valence-electron chi connectivity index (χ1n) is 6.81. The topological polar surface area (TPSA) is 26.3 Å². The van der Waals surface area contributed by atoms with Crippen molar-refractivity contribution in [2.75, 3.05) is 6.61 Å². The van der Waals surface area contributed by atoms with Gasteiger partial charge in [-0.15, -0.1) is 0 Å². The molecule has 0 saturated carbocycles. The maximum Gasteiger partial charge on any atom is 0.330 e. The van der Waals surface area contributed by atoms with E-state index in [0.717, 1.165) is 25.7 Å². The lowest BCUT2D eigenvalue weighted by Crippen LogP contribution is -2.01. The highest BCUT2D eigenvalue weighted by molar-refractivity contribution is 5.82. The molecule has 0 aromatic carbocycles. The fourth-order valence-corrected chi connectivity index (χ4v) is 1.39. The van der Waals surface area contributed by atoms with Crippen molar-refractivity contribution in [3.8, 4) is 0 Å². The normalized spacial score (nSPS) is 11.4. The largest absolute Gasteiger partial charge is 0.463 e. The van der Waals surface area contributed by atoms with Crippen LogP contribution in [0.4, 0.5) is 0 Å². The van der Waals surface area contributed by atoms with Gasteiger partial charge >= 0.3 is 5.97 Å². The lowest BCUT2D eigenvalue weighted by molar-refractivity contribution is -0.137. The predicted octanol–water partition coefficient (Wildman–Crippen LogP) is 4.41. The van der Waals surface area contributed by atoms with Gasteiger partial charge in [-0.1, -0.05) is 57.8 Å². The van der Waals surface area contributed by atoms with E-state index >= 15 is 0 Å². The molecule has 17 heavy (non-hydrogen) atoms. The monoisotopic (exact) mass is 238 g/mol. The Morgan fingerprint density at radius 2 is 1.71 bits per heavy atom. The molecule has 0 bridgehead atoms. The zero-order valence-corrected chi connectivity index (χ0v) is 11.3. The molecule has 0 atom stereocenters. The highest BCUT2D eigenvalue weighted by atomic mass is 16.5. The van der Waals surface area contributed by atoms with Crippen molar-refractivity contribution >= 4 is 5.97 Å². The summed E-state index contributed by atoms with van der Waals surface area (Å²) in [6.07, 6.45) is 15.3. The highest BCUT2D eigenvalue weighted by Gasteiger charge is 1.94. The quantitative estimate of drug-likeness (QED) is 0.244. The van der Waals surface area contributed by atoms with Crippen LogP contribution in [0.5, 0.6) is 0 Å². The van der Waals surface area contributed by atoms with Gasteiger partial charge in [-0.05, 0) is 19.3 Å². The van der Waals surface area contributed by atoms with Crippen molar-refractivity contribution in [1.82, 2.24) is 0 Å². The number of unbranched alkanes of at least 4 members (excludes halogenated alkanes) is 5. The van der Waals surface area contributed by atoms with Gasteiger partial charge in [0.2, 0.25) is 0 Å². The van der Waals surface area contributed by atoms with Crippen LogP contribution in [0.3, 0.4) is 0 Å². The summed E-state index contributed by atoms with van der Waals surface area (Å²) in [7, 11) is 0. The Hall–Kier alpha value is -1.05. The lowest BCUT2D eigenvalue weighted by Gasteiger charge is -1.99. The number of carbonyl (C=O) groups is 1. The first-order chi connectivity index (χ1) is 8.31. The minimum atomic E-state index is -0.237. The van der Waals surface area contributed by atoms with E-state index in [1.807, 2.05) is 6.08 Å². The number of carbonyl (C=O) groups excluding carboxylic acids is 1. The minimum absolute atomic E-state index is 0.237. The molecule has 2 heteroatoms. The third-order valence-electron chi connectivity index (χ3n) is 2.45. The van der Waals surface area contributed by atoms with E-state index in [1.54, 1.807) is 6.08 Å². The summed E-state index contributed by atoms with van der Waals surface area (Å²) in [5.74, 6) is -0.237. The summed E-state index contributed by atoms with van der Waals surface area (Å²) in [5.41, 5.74) is 0. The molecule has 0 aliphatic heterocycles. The van der Waals surface area contributed by atoms with E-state index in [4.69, 9.17) is 4.74 Å². The molecule has 0 amide bonds. The number of rotatable bonds is 10. The molecule has 0 aliphatic carbocycles. The molecule has 0 heterocycles. The second-order valence-electron chi connectivity index (χ2n) is 4.16. The molecule has 0 unspecified atom stereocenters. The Balaban J connectivity index is 3.45. The fraction of sp³-hybridized carbons (Fsp3) is 0.667. The molecule has 0 aromatic heterocycles. The van der Waals surface area contributed by atoms with Crippen LogP contribution in [0, 0.1) is 0 Å². The second kappa shape index (κ2) is 13.0. The molecule has 0 spiro atoms. The van der Waals surface area contributed by atoms with Crippen LogP contribution in [0.1, 0.15) is 58.8 Å². The van der Waals surface area contributed by atoms with Gasteiger partial charge in [0.25, 0.3) is 0 Å². The predicted molar refractivity (Wildman–Crippen MR) is 72.9 cm³/mol. The maximum absolute atomic E-state index is 11.2. The van der Waals surface area contributed by atoms with E-state index in [0.29, 0.717) is 6.61 Å². The lowest BCUT2D eigenvalue weighted by atomic mass is 10.2. The molecular weight excluding hydrogens is 212 g/mol. The Kier molecular flexibility index (Phi) is 12.2. The smallest absolute Gasteiger partial charge is 0.330 e. The van der Waals surface area contributed by atoms with Crippen LogP contribution in [0.15, 0.2) is 24.3 Å². The average Bonchev–Trinajstić information content (AvgIpc) is 2.33. The third-order valence-corrected chi connectivity index (χ3v) is 2.45. The standard InChI is InChI=1S/C15H26O2/c1-3-5-7-8-9-10-11-13-15(16)17-14-12-6-4-2/h9-11,13H,3-8,12,14H2,1-2H3/b10-9-,13-11+. The SMILES string of the molecule is CCCCC/C=C\C=C\C(=O)OCCCCC. The Labute approximate surface area is 106 Å². The van der Waals surface area contributed by atoms with Gasteiger partial charge in [-0.2, -0.15) is 0 Å². The molecule has 0 aliphatic rings. The van der Waals surface area contributed by atoms with Crippen LogP contribution in [0.25, 0.3) is 0 Å². The molecule has 0 N–H and O–H groups in total. The summed E-state index contributed by atoms with van der Waals surface area (Å²) in [5, 5.41) is 0. The second-order valence-corrected chi connectivity index (χ2v) is 4.16. The average molecular weight is 238 g/mol. The number of hydrogen-bond donors (Lipinski definition) is 0. The van der Waals surface area contributed by atoms with E-state index < -0.39 is 0 Å². The van der Waals surface area contributed by atoms with Gasteiger partial charge in [0.1, 0.15) is 0 Å². The van der Waals surface area contributed by atoms with Gasteiger partial charge in [0.15, 0.2) is 0 Å². The van der Waals surface area contributed by atoms with Crippen LogP contribution in [-0.4, -0.2) is 12.6 Å². The number of hydrogen-bond acceptors (Lipinski definition) is 2. The van der Waals surface area contributed by atoms with Gasteiger partial charge in [0, 0.05) is 6.08 Å². The highest BCUT2D eigenvalue weighted by Crippen LogP contribution is 1.99. The number of esters is 1. The summed E-state index contributed by atoms with van der Waals surface area (Å²) < 4.78 is 5.03. The summed E-state index contributed by atoms with van der Waals surface area (Å²) in [6.45, 7) is 4.86. The fourth-order valence-electron chi connectivity index (χ4n) is 1.39. The van der Waals surface area contributed by atoms with Crippen molar-refractivity contribution in [3.05, 3.63) is 24.3 Å². The summed E-state index contributed by atoms with van der Waals surface area (Å²) in [4.78, 5) is 11.2. The first-order valence-corrected chi connectivity index (χ1v) is 6.81. The number of ether oxygens (including phenoxy) is 1.